The maximum absolute atomic E-state index is 13.1. The molecule has 3 aromatic heterocycles. The first kappa shape index (κ1) is 17.8. The first-order valence-electron chi connectivity index (χ1n) is 10.0. The Bertz CT molecular complexity index is 1250. The summed E-state index contributed by atoms with van der Waals surface area (Å²) in [5.41, 5.74) is 2.51. The molecule has 0 spiro atoms. The molecule has 1 saturated carbocycles. The second-order valence-corrected chi connectivity index (χ2v) is 8.00. The third kappa shape index (κ3) is 3.26. The third-order valence-corrected chi connectivity index (χ3v) is 5.14. The molecule has 5 rings (SSSR count). The molecule has 0 amide bonds. The van der Waals surface area contributed by atoms with Gasteiger partial charge in [-0.2, -0.15) is 4.98 Å². The summed E-state index contributed by atoms with van der Waals surface area (Å²) in [6.45, 7) is 5.06. The maximum atomic E-state index is 13.1. The fourth-order valence-corrected chi connectivity index (χ4v) is 3.63. The van der Waals surface area contributed by atoms with E-state index in [2.05, 4.69) is 23.8 Å². The molecule has 0 bridgehead atoms. The van der Waals surface area contributed by atoms with E-state index in [0.717, 1.165) is 34.8 Å². The van der Waals surface area contributed by atoms with Crippen molar-refractivity contribution in [1.29, 1.82) is 0 Å². The normalized spacial score (nSPS) is 14.2. The number of ether oxygens (including phenoxy) is 1. The average molecular weight is 389 g/mol. The van der Waals surface area contributed by atoms with Crippen molar-refractivity contribution in [3.63, 3.8) is 0 Å². The number of imidazole rings is 1. The number of rotatable bonds is 6. The van der Waals surface area contributed by atoms with Crippen LogP contribution in [0, 0.1) is 5.92 Å². The van der Waals surface area contributed by atoms with Crippen LogP contribution in [0.2, 0.25) is 0 Å². The third-order valence-electron chi connectivity index (χ3n) is 5.14. The molecule has 3 heterocycles. The van der Waals surface area contributed by atoms with Crippen molar-refractivity contribution in [3.8, 4) is 5.88 Å². The Morgan fingerprint density at radius 2 is 1.97 bits per heavy atom. The lowest BCUT2D eigenvalue weighted by atomic mass is 10.2. The number of hydrogen-bond acceptors (Lipinski definition) is 5. The van der Waals surface area contributed by atoms with E-state index in [1.807, 2.05) is 34.9 Å². The van der Waals surface area contributed by atoms with Gasteiger partial charge in [0.25, 0.3) is 0 Å². The highest BCUT2D eigenvalue weighted by Crippen LogP contribution is 2.36. The fraction of sp³-hybridized carbons (Fsp3) is 0.364. The monoisotopic (exact) mass is 389 g/mol. The second-order valence-electron chi connectivity index (χ2n) is 8.00. The Kier molecular flexibility index (Phi) is 4.30. The van der Waals surface area contributed by atoms with Crippen LogP contribution >= 0.6 is 0 Å². The minimum Gasteiger partial charge on any atom is -0.477 e. The summed E-state index contributed by atoms with van der Waals surface area (Å²) in [5.74, 6) is 1.51. The Morgan fingerprint density at radius 3 is 2.76 bits per heavy atom. The van der Waals surface area contributed by atoms with Gasteiger partial charge in [-0.1, -0.05) is 26.0 Å². The second kappa shape index (κ2) is 6.99. The van der Waals surface area contributed by atoms with E-state index in [4.69, 9.17) is 9.72 Å². The summed E-state index contributed by atoms with van der Waals surface area (Å²) in [6, 6.07) is 10.00. The molecule has 1 aromatic carbocycles. The molecule has 0 saturated heterocycles. The molecule has 29 heavy (non-hydrogen) atoms. The maximum Gasteiger partial charge on any atom is 0.329 e. The van der Waals surface area contributed by atoms with E-state index in [-0.39, 0.29) is 18.3 Å². The van der Waals surface area contributed by atoms with Gasteiger partial charge in [0.2, 0.25) is 5.88 Å². The molecule has 4 aromatic rings. The molecule has 1 aliphatic rings. The van der Waals surface area contributed by atoms with Crippen LogP contribution in [0.1, 0.15) is 38.6 Å². The molecule has 7 heteroatoms. The Hall–Kier alpha value is -3.22. The lowest BCUT2D eigenvalue weighted by Gasteiger charge is -2.12. The van der Waals surface area contributed by atoms with E-state index in [1.54, 1.807) is 17.0 Å². The van der Waals surface area contributed by atoms with Crippen molar-refractivity contribution < 1.29 is 4.74 Å². The van der Waals surface area contributed by atoms with Crippen LogP contribution in [0.5, 0.6) is 5.88 Å². The Morgan fingerprint density at radius 1 is 1.14 bits per heavy atom. The number of pyridine rings is 1. The number of para-hydroxylation sites is 1. The summed E-state index contributed by atoms with van der Waals surface area (Å²) in [7, 11) is 0. The van der Waals surface area contributed by atoms with E-state index in [1.165, 1.54) is 0 Å². The van der Waals surface area contributed by atoms with Crippen molar-refractivity contribution in [3.05, 3.63) is 59.0 Å². The molecule has 0 unspecified atom stereocenters. The van der Waals surface area contributed by atoms with Crippen LogP contribution < -0.4 is 10.4 Å². The molecule has 0 N–H and O–H groups in total. The van der Waals surface area contributed by atoms with Crippen molar-refractivity contribution >= 4 is 21.9 Å². The molecule has 148 valence electrons. The summed E-state index contributed by atoms with van der Waals surface area (Å²) in [5, 5.41) is 0.881. The number of hydrogen-bond donors (Lipinski definition) is 0. The predicted molar refractivity (Wildman–Crippen MR) is 111 cm³/mol. The van der Waals surface area contributed by atoms with E-state index in [9.17, 15) is 4.79 Å². The topological polar surface area (TPSA) is 74.8 Å². The smallest absolute Gasteiger partial charge is 0.329 e. The summed E-state index contributed by atoms with van der Waals surface area (Å²) in [6.07, 6.45) is 5.56. The van der Waals surface area contributed by atoms with E-state index in [0.29, 0.717) is 24.2 Å². The van der Waals surface area contributed by atoms with Gasteiger partial charge in [-0.05, 0) is 37.0 Å². The number of fused-ring (bicyclic) bond motifs is 2. The van der Waals surface area contributed by atoms with Crippen LogP contribution in [0.25, 0.3) is 21.9 Å². The first-order chi connectivity index (χ1) is 14.1. The first-order valence-corrected chi connectivity index (χ1v) is 10.0. The zero-order chi connectivity index (χ0) is 20.0. The van der Waals surface area contributed by atoms with Crippen molar-refractivity contribution in [2.45, 2.75) is 39.3 Å². The van der Waals surface area contributed by atoms with Crippen molar-refractivity contribution in [1.82, 2.24) is 24.1 Å². The average Bonchev–Trinajstić information content (AvgIpc) is 3.52. The number of aromatic nitrogens is 5. The van der Waals surface area contributed by atoms with E-state index < -0.39 is 0 Å². The summed E-state index contributed by atoms with van der Waals surface area (Å²) in [4.78, 5) is 26.7. The van der Waals surface area contributed by atoms with Gasteiger partial charge in [0.05, 0.1) is 41.3 Å². The van der Waals surface area contributed by atoms with Gasteiger partial charge >= 0.3 is 5.69 Å². The SMILES string of the molecule is CC(C)COc1nc(Cn2c(=O)n(C3CC3)c3ccncc32)nc2ccccc12. The minimum atomic E-state index is -0.0306. The zero-order valence-corrected chi connectivity index (χ0v) is 16.6. The van der Waals surface area contributed by atoms with Crippen molar-refractivity contribution in [2.75, 3.05) is 6.61 Å². The van der Waals surface area contributed by atoms with Crippen molar-refractivity contribution in [2.24, 2.45) is 5.92 Å². The Balaban J connectivity index is 1.61. The van der Waals surface area contributed by atoms with Gasteiger partial charge in [-0.3, -0.25) is 14.1 Å². The molecular weight excluding hydrogens is 366 g/mol. The molecule has 0 aliphatic heterocycles. The van der Waals surface area contributed by atoms with Gasteiger partial charge in [-0.25, -0.2) is 9.78 Å². The molecule has 0 atom stereocenters. The molecule has 1 fully saturated rings. The van der Waals surface area contributed by atoms with Gasteiger partial charge in [0, 0.05) is 12.2 Å². The molecule has 1 aliphatic carbocycles. The van der Waals surface area contributed by atoms with Gasteiger partial charge in [0.1, 0.15) is 0 Å². The fourth-order valence-electron chi connectivity index (χ4n) is 3.63. The van der Waals surface area contributed by atoms with E-state index >= 15 is 0 Å². The number of nitrogens with zero attached hydrogens (tertiary/aromatic N) is 5. The van der Waals surface area contributed by atoms with Crippen LogP contribution in [-0.4, -0.2) is 30.7 Å². The summed E-state index contributed by atoms with van der Waals surface area (Å²) < 4.78 is 9.58. The lowest BCUT2D eigenvalue weighted by molar-refractivity contribution is 0.263. The molecular formula is C22H23N5O2. The quantitative estimate of drug-likeness (QED) is 0.504. The highest BCUT2D eigenvalue weighted by Gasteiger charge is 2.29. The van der Waals surface area contributed by atoms with Crippen LogP contribution in [0.3, 0.4) is 0 Å². The lowest BCUT2D eigenvalue weighted by Crippen LogP contribution is -2.25. The van der Waals surface area contributed by atoms with Crippen LogP contribution in [-0.2, 0) is 6.54 Å². The van der Waals surface area contributed by atoms with Gasteiger partial charge in [0.15, 0.2) is 5.82 Å². The van der Waals surface area contributed by atoms with Gasteiger partial charge < -0.3 is 4.74 Å². The molecule has 7 nitrogen and oxygen atoms in total. The van der Waals surface area contributed by atoms with Crippen LogP contribution in [0.4, 0.5) is 0 Å². The van der Waals surface area contributed by atoms with Gasteiger partial charge in [-0.15, -0.1) is 0 Å². The number of benzene rings is 1. The zero-order valence-electron chi connectivity index (χ0n) is 16.6. The summed E-state index contributed by atoms with van der Waals surface area (Å²) >= 11 is 0. The predicted octanol–water partition coefficient (Wildman–Crippen LogP) is 3.56. The highest BCUT2D eigenvalue weighted by molar-refractivity contribution is 5.83. The highest BCUT2D eigenvalue weighted by atomic mass is 16.5. The Labute approximate surface area is 168 Å². The molecule has 0 radical (unpaired) electrons. The standard InChI is InChI=1S/C22H23N5O2/c1-14(2)13-29-21-16-5-3-4-6-17(16)24-20(25-21)12-26-19-11-23-10-9-18(19)27(22(26)28)15-7-8-15/h3-6,9-11,14-15H,7-8,12-13H2,1-2H3. The largest absolute Gasteiger partial charge is 0.477 e. The minimum absolute atomic E-state index is 0.0306. The van der Waals surface area contributed by atoms with Crippen LogP contribution in [0.15, 0.2) is 47.5 Å².